The van der Waals surface area contributed by atoms with Crippen molar-refractivity contribution in [3.05, 3.63) is 40.5 Å². The molecule has 0 amide bonds. The SMILES string of the molecule is Cc1cc(-c2cccc(C(=O)O)c2Cl)on1. The van der Waals surface area contributed by atoms with Crippen LogP contribution in [0.3, 0.4) is 0 Å². The molecule has 0 aliphatic rings. The maximum Gasteiger partial charge on any atom is 0.337 e. The van der Waals surface area contributed by atoms with Gasteiger partial charge in [-0.3, -0.25) is 0 Å². The normalized spacial score (nSPS) is 10.4. The first kappa shape index (κ1) is 10.7. The van der Waals surface area contributed by atoms with Gasteiger partial charge in [-0.1, -0.05) is 22.8 Å². The number of rotatable bonds is 2. The average Bonchev–Trinajstić information content (AvgIpc) is 2.64. The van der Waals surface area contributed by atoms with Crippen molar-refractivity contribution in [2.75, 3.05) is 0 Å². The second-order valence-electron chi connectivity index (χ2n) is 3.30. The number of halogens is 1. The summed E-state index contributed by atoms with van der Waals surface area (Å²) in [6.45, 7) is 1.78. The van der Waals surface area contributed by atoms with Gasteiger partial charge in [0.2, 0.25) is 0 Å². The molecule has 82 valence electrons. The Bertz CT molecular complexity index is 548. The van der Waals surface area contributed by atoms with Crippen LogP contribution in [0.1, 0.15) is 16.1 Å². The molecule has 1 aromatic heterocycles. The molecule has 0 atom stereocenters. The first-order valence-electron chi connectivity index (χ1n) is 4.55. The van der Waals surface area contributed by atoms with E-state index in [4.69, 9.17) is 21.2 Å². The number of aryl methyl sites for hydroxylation is 1. The van der Waals surface area contributed by atoms with Gasteiger partial charge in [0.15, 0.2) is 5.76 Å². The number of nitrogens with zero attached hydrogens (tertiary/aromatic N) is 1. The Morgan fingerprint density at radius 3 is 2.81 bits per heavy atom. The largest absolute Gasteiger partial charge is 0.478 e. The smallest absolute Gasteiger partial charge is 0.337 e. The molecule has 0 fully saturated rings. The molecule has 0 radical (unpaired) electrons. The molecule has 0 aliphatic heterocycles. The molecule has 1 aromatic carbocycles. The van der Waals surface area contributed by atoms with Crippen molar-refractivity contribution in [1.29, 1.82) is 0 Å². The predicted molar refractivity (Wildman–Crippen MR) is 58.6 cm³/mol. The van der Waals surface area contributed by atoms with Crippen LogP contribution >= 0.6 is 11.6 Å². The predicted octanol–water partition coefficient (Wildman–Crippen LogP) is 3.00. The summed E-state index contributed by atoms with van der Waals surface area (Å²) in [4.78, 5) is 10.9. The van der Waals surface area contributed by atoms with Gasteiger partial charge >= 0.3 is 5.97 Å². The standard InChI is InChI=1S/C11H8ClNO3/c1-6-5-9(16-13-6)7-3-2-4-8(10(7)12)11(14)15/h2-5H,1H3,(H,14,15). The van der Waals surface area contributed by atoms with Crippen LogP contribution < -0.4 is 0 Å². The minimum Gasteiger partial charge on any atom is -0.478 e. The van der Waals surface area contributed by atoms with Gasteiger partial charge in [0.05, 0.1) is 16.3 Å². The van der Waals surface area contributed by atoms with Crippen molar-refractivity contribution >= 4 is 17.6 Å². The lowest BCUT2D eigenvalue weighted by molar-refractivity contribution is 0.0697. The fourth-order valence-corrected chi connectivity index (χ4v) is 1.68. The topological polar surface area (TPSA) is 63.3 Å². The van der Waals surface area contributed by atoms with Gasteiger partial charge in [0.25, 0.3) is 0 Å². The van der Waals surface area contributed by atoms with E-state index in [9.17, 15) is 4.79 Å². The number of carboxylic acid groups (broad SMARTS) is 1. The molecule has 0 unspecified atom stereocenters. The Morgan fingerprint density at radius 2 is 2.25 bits per heavy atom. The van der Waals surface area contributed by atoms with Gasteiger partial charge in [-0.2, -0.15) is 0 Å². The van der Waals surface area contributed by atoms with Gasteiger partial charge in [-0.25, -0.2) is 4.79 Å². The molecular formula is C11H8ClNO3. The number of carbonyl (C=O) groups is 1. The van der Waals surface area contributed by atoms with Crippen molar-refractivity contribution in [3.63, 3.8) is 0 Å². The van der Waals surface area contributed by atoms with E-state index in [1.165, 1.54) is 6.07 Å². The summed E-state index contributed by atoms with van der Waals surface area (Å²) < 4.78 is 5.04. The first-order valence-corrected chi connectivity index (χ1v) is 4.93. The van der Waals surface area contributed by atoms with E-state index in [0.29, 0.717) is 17.0 Å². The third kappa shape index (κ3) is 1.79. The molecule has 0 spiro atoms. The van der Waals surface area contributed by atoms with Crippen LogP contribution in [0.25, 0.3) is 11.3 Å². The van der Waals surface area contributed by atoms with Gasteiger partial charge in [-0.15, -0.1) is 0 Å². The maximum absolute atomic E-state index is 10.9. The summed E-state index contributed by atoms with van der Waals surface area (Å²) in [7, 11) is 0. The third-order valence-electron chi connectivity index (χ3n) is 2.12. The molecule has 4 nitrogen and oxygen atoms in total. The lowest BCUT2D eigenvalue weighted by Crippen LogP contribution is -1.97. The van der Waals surface area contributed by atoms with Crippen LogP contribution in [0.2, 0.25) is 5.02 Å². The number of benzene rings is 1. The number of aromatic nitrogens is 1. The molecule has 2 aromatic rings. The van der Waals surface area contributed by atoms with Crippen LogP contribution in [0.5, 0.6) is 0 Å². The van der Waals surface area contributed by atoms with Crippen LogP contribution in [0, 0.1) is 6.92 Å². The number of hydrogen-bond donors (Lipinski definition) is 1. The van der Waals surface area contributed by atoms with Gasteiger partial charge in [-0.05, 0) is 19.1 Å². The highest BCUT2D eigenvalue weighted by Crippen LogP contribution is 2.30. The summed E-state index contributed by atoms with van der Waals surface area (Å²) in [5.41, 5.74) is 1.29. The molecule has 16 heavy (non-hydrogen) atoms. The zero-order valence-corrected chi connectivity index (χ0v) is 9.15. The zero-order valence-electron chi connectivity index (χ0n) is 8.40. The molecule has 1 N–H and O–H groups in total. The minimum atomic E-state index is -1.07. The minimum absolute atomic E-state index is 0.0493. The van der Waals surface area contributed by atoms with Crippen LogP contribution in [0.15, 0.2) is 28.8 Å². The van der Waals surface area contributed by atoms with Crippen LogP contribution in [-0.2, 0) is 0 Å². The highest BCUT2D eigenvalue weighted by molar-refractivity contribution is 6.36. The number of carboxylic acids is 1. The molecular weight excluding hydrogens is 230 g/mol. The Labute approximate surface area is 96.4 Å². The molecule has 0 aliphatic carbocycles. The van der Waals surface area contributed by atoms with Crippen LogP contribution in [0.4, 0.5) is 0 Å². The van der Waals surface area contributed by atoms with Gasteiger partial charge in [0, 0.05) is 11.6 Å². The molecule has 5 heteroatoms. The summed E-state index contributed by atoms with van der Waals surface area (Å²) in [5.74, 6) is -0.603. The van der Waals surface area contributed by atoms with Gasteiger partial charge in [0.1, 0.15) is 0 Å². The number of aromatic carboxylic acids is 1. The summed E-state index contributed by atoms with van der Waals surface area (Å²) in [6.07, 6.45) is 0. The molecule has 2 rings (SSSR count). The van der Waals surface area contributed by atoms with E-state index in [1.54, 1.807) is 25.1 Å². The second-order valence-corrected chi connectivity index (χ2v) is 3.68. The van der Waals surface area contributed by atoms with E-state index >= 15 is 0 Å². The van der Waals surface area contributed by atoms with Crippen molar-refractivity contribution in [2.45, 2.75) is 6.92 Å². The van der Waals surface area contributed by atoms with E-state index in [1.807, 2.05) is 0 Å². The lowest BCUT2D eigenvalue weighted by Gasteiger charge is -2.02. The molecule has 0 saturated heterocycles. The second kappa shape index (κ2) is 3.98. The van der Waals surface area contributed by atoms with Crippen LogP contribution in [-0.4, -0.2) is 16.2 Å². The van der Waals surface area contributed by atoms with Crippen molar-refractivity contribution < 1.29 is 14.4 Å². The zero-order chi connectivity index (χ0) is 11.7. The Kier molecular flexibility index (Phi) is 2.66. The van der Waals surface area contributed by atoms with E-state index in [-0.39, 0.29) is 10.6 Å². The fraction of sp³-hybridized carbons (Fsp3) is 0.0909. The monoisotopic (exact) mass is 237 g/mol. The number of hydrogen-bond acceptors (Lipinski definition) is 3. The molecule has 1 heterocycles. The highest BCUT2D eigenvalue weighted by Gasteiger charge is 2.15. The van der Waals surface area contributed by atoms with E-state index < -0.39 is 5.97 Å². The summed E-state index contributed by atoms with van der Waals surface area (Å²) in [5, 5.41) is 12.8. The lowest BCUT2D eigenvalue weighted by atomic mass is 10.1. The quantitative estimate of drug-likeness (QED) is 0.872. The van der Waals surface area contributed by atoms with Crippen molar-refractivity contribution in [1.82, 2.24) is 5.16 Å². The molecule has 0 bridgehead atoms. The Balaban J connectivity index is 2.58. The highest BCUT2D eigenvalue weighted by atomic mass is 35.5. The first-order chi connectivity index (χ1) is 7.59. The van der Waals surface area contributed by atoms with Gasteiger partial charge < -0.3 is 9.63 Å². The maximum atomic E-state index is 10.9. The Hall–Kier alpha value is -1.81. The third-order valence-corrected chi connectivity index (χ3v) is 2.53. The van der Waals surface area contributed by atoms with E-state index in [0.717, 1.165) is 0 Å². The van der Waals surface area contributed by atoms with Crippen molar-refractivity contribution in [2.24, 2.45) is 0 Å². The summed E-state index contributed by atoms with van der Waals surface area (Å²) in [6, 6.07) is 6.45. The summed E-state index contributed by atoms with van der Waals surface area (Å²) >= 11 is 5.98. The van der Waals surface area contributed by atoms with Crippen molar-refractivity contribution in [3.8, 4) is 11.3 Å². The Morgan fingerprint density at radius 1 is 1.50 bits per heavy atom. The fourth-order valence-electron chi connectivity index (χ4n) is 1.38. The molecule has 0 saturated carbocycles. The average molecular weight is 238 g/mol. The van der Waals surface area contributed by atoms with E-state index in [2.05, 4.69) is 5.16 Å².